The molecule has 0 amide bonds. The summed E-state index contributed by atoms with van der Waals surface area (Å²) in [5.74, 6) is 0. The number of hydrogen-bond donors (Lipinski definition) is 0. The summed E-state index contributed by atoms with van der Waals surface area (Å²) in [5.41, 5.74) is 4.08. The van der Waals surface area contributed by atoms with Crippen molar-refractivity contribution >= 4 is 33.9 Å². The Kier molecular flexibility index (Phi) is 4.33. The number of benzene rings is 2. The first kappa shape index (κ1) is 17.2. The van der Waals surface area contributed by atoms with E-state index < -0.39 is 0 Å². The molecule has 2 aromatic heterocycles. The fraction of sp³-hybridized carbons (Fsp3) is 0.100. The summed E-state index contributed by atoms with van der Waals surface area (Å²) in [5, 5.41) is 14.7. The average molecular weight is 379 g/mol. The highest BCUT2D eigenvalue weighted by atomic mass is 35.5. The van der Waals surface area contributed by atoms with E-state index in [1.54, 1.807) is 18.2 Å². The smallest absolute Gasteiger partial charge is 0.336 e. The van der Waals surface area contributed by atoms with Crippen molar-refractivity contribution < 1.29 is 4.42 Å². The highest BCUT2D eigenvalue weighted by Gasteiger charge is 2.12. The van der Waals surface area contributed by atoms with Gasteiger partial charge in [0.25, 0.3) is 0 Å². The quantitative estimate of drug-likeness (QED) is 0.341. The minimum atomic E-state index is -0.377. The molecule has 2 aromatic carbocycles. The van der Waals surface area contributed by atoms with Gasteiger partial charge in [-0.2, -0.15) is 10.2 Å². The van der Waals surface area contributed by atoms with E-state index in [1.165, 1.54) is 6.07 Å². The molecule has 0 aliphatic heterocycles. The molecule has 0 bridgehead atoms. The molecular formula is C20H15ClN4O2. The van der Waals surface area contributed by atoms with E-state index >= 15 is 0 Å². The fourth-order valence-electron chi connectivity index (χ4n) is 2.84. The number of aromatic nitrogens is 2. The third-order valence-corrected chi connectivity index (χ3v) is 4.44. The van der Waals surface area contributed by atoms with E-state index in [9.17, 15) is 4.79 Å². The first-order valence-electron chi connectivity index (χ1n) is 8.29. The Hall–Kier alpha value is -3.25. The summed E-state index contributed by atoms with van der Waals surface area (Å²) in [6.45, 7) is 3.83. The predicted octanol–water partition coefficient (Wildman–Crippen LogP) is 5.66. The summed E-state index contributed by atoms with van der Waals surface area (Å²) >= 11 is 5.96. The van der Waals surface area contributed by atoms with E-state index in [0.717, 1.165) is 22.5 Å². The Morgan fingerprint density at radius 1 is 1.00 bits per heavy atom. The van der Waals surface area contributed by atoms with Crippen LogP contribution in [0.3, 0.4) is 0 Å². The van der Waals surface area contributed by atoms with Crippen molar-refractivity contribution in [3.05, 3.63) is 81.4 Å². The minimum absolute atomic E-state index is 0.377. The van der Waals surface area contributed by atoms with E-state index in [2.05, 4.69) is 15.3 Å². The predicted molar refractivity (Wildman–Crippen MR) is 105 cm³/mol. The van der Waals surface area contributed by atoms with Crippen molar-refractivity contribution in [2.45, 2.75) is 13.8 Å². The summed E-state index contributed by atoms with van der Waals surface area (Å²) in [4.78, 5) is 11.3. The van der Waals surface area contributed by atoms with Gasteiger partial charge in [0.1, 0.15) is 11.3 Å². The molecule has 134 valence electrons. The molecule has 0 unspecified atom stereocenters. The molecule has 0 aliphatic carbocycles. The fourth-order valence-corrected chi connectivity index (χ4v) is 2.97. The molecule has 0 atom stereocenters. The first-order chi connectivity index (χ1) is 13.0. The van der Waals surface area contributed by atoms with Crippen molar-refractivity contribution in [1.29, 1.82) is 0 Å². The summed E-state index contributed by atoms with van der Waals surface area (Å²) in [6.07, 6.45) is 0. The lowest BCUT2D eigenvalue weighted by molar-refractivity contribution is 0.561. The van der Waals surface area contributed by atoms with Crippen LogP contribution in [-0.4, -0.2) is 9.78 Å². The monoisotopic (exact) mass is 378 g/mol. The van der Waals surface area contributed by atoms with Crippen molar-refractivity contribution in [1.82, 2.24) is 9.78 Å². The Morgan fingerprint density at radius 3 is 2.56 bits per heavy atom. The highest BCUT2D eigenvalue weighted by Crippen LogP contribution is 2.29. The largest absolute Gasteiger partial charge is 0.423 e. The maximum absolute atomic E-state index is 11.3. The number of azo groups is 1. The lowest BCUT2D eigenvalue weighted by Gasteiger charge is -2.04. The molecule has 7 heteroatoms. The zero-order valence-corrected chi connectivity index (χ0v) is 15.4. The molecular weight excluding hydrogens is 364 g/mol. The third kappa shape index (κ3) is 3.39. The van der Waals surface area contributed by atoms with Crippen LogP contribution in [0.5, 0.6) is 0 Å². The number of fused-ring (bicyclic) bond motifs is 1. The van der Waals surface area contributed by atoms with Gasteiger partial charge in [0.05, 0.1) is 22.8 Å². The van der Waals surface area contributed by atoms with Crippen LogP contribution in [0, 0.1) is 13.8 Å². The molecule has 2 heterocycles. The Labute approximate surface area is 159 Å². The number of rotatable bonds is 3. The maximum Gasteiger partial charge on any atom is 0.336 e. The molecule has 0 radical (unpaired) electrons. The number of nitrogens with zero attached hydrogens (tertiary/aromatic N) is 4. The molecule has 0 N–H and O–H groups in total. The molecule has 0 saturated heterocycles. The van der Waals surface area contributed by atoms with Gasteiger partial charge in [-0.15, -0.1) is 5.11 Å². The zero-order valence-electron chi connectivity index (χ0n) is 14.7. The van der Waals surface area contributed by atoms with Crippen LogP contribution < -0.4 is 5.63 Å². The van der Waals surface area contributed by atoms with Gasteiger partial charge < -0.3 is 4.42 Å². The number of hydrogen-bond acceptors (Lipinski definition) is 5. The Morgan fingerprint density at radius 2 is 1.78 bits per heavy atom. The summed E-state index contributed by atoms with van der Waals surface area (Å²) in [7, 11) is 0. The Balaban J connectivity index is 1.69. The summed E-state index contributed by atoms with van der Waals surface area (Å²) in [6, 6.07) is 15.8. The van der Waals surface area contributed by atoms with Gasteiger partial charge in [-0.05, 0) is 62.4 Å². The minimum Gasteiger partial charge on any atom is -0.423 e. The standard InChI is InChI=1S/C20H15ClN4O2/c1-12-20(13(2)25(24-12)17-7-4-15(21)5-8-17)23-22-16-6-9-18-14(11-16)3-10-19(26)27-18/h3-11H,1-2H3. The van der Waals surface area contributed by atoms with E-state index in [0.29, 0.717) is 22.0 Å². The SMILES string of the molecule is Cc1nn(-c2ccc(Cl)cc2)c(C)c1N=Nc1ccc2oc(=O)ccc2c1. The van der Waals surface area contributed by atoms with Crippen molar-refractivity contribution in [3.8, 4) is 5.69 Å². The van der Waals surface area contributed by atoms with Crippen LogP contribution in [0.2, 0.25) is 5.02 Å². The van der Waals surface area contributed by atoms with Crippen molar-refractivity contribution in [2.75, 3.05) is 0 Å². The maximum atomic E-state index is 11.3. The molecule has 0 spiro atoms. The highest BCUT2D eigenvalue weighted by molar-refractivity contribution is 6.30. The van der Waals surface area contributed by atoms with Crippen LogP contribution in [0.1, 0.15) is 11.4 Å². The zero-order chi connectivity index (χ0) is 19.0. The molecule has 0 saturated carbocycles. The van der Waals surface area contributed by atoms with Crippen LogP contribution in [0.15, 0.2) is 74.0 Å². The lowest BCUT2D eigenvalue weighted by atomic mass is 10.2. The van der Waals surface area contributed by atoms with Crippen LogP contribution in [0.25, 0.3) is 16.7 Å². The molecule has 0 aliphatic rings. The molecule has 27 heavy (non-hydrogen) atoms. The van der Waals surface area contributed by atoms with Gasteiger partial charge in [0, 0.05) is 16.5 Å². The van der Waals surface area contributed by atoms with Gasteiger partial charge in [0.15, 0.2) is 0 Å². The van der Waals surface area contributed by atoms with Gasteiger partial charge in [-0.1, -0.05) is 11.6 Å². The second-order valence-corrected chi connectivity index (χ2v) is 6.52. The first-order valence-corrected chi connectivity index (χ1v) is 8.67. The van der Waals surface area contributed by atoms with Gasteiger partial charge in [-0.25, -0.2) is 9.48 Å². The van der Waals surface area contributed by atoms with E-state index in [-0.39, 0.29) is 5.63 Å². The molecule has 0 fully saturated rings. The normalized spacial score (nSPS) is 11.5. The number of aryl methyl sites for hydroxylation is 1. The number of halogens is 1. The van der Waals surface area contributed by atoms with Gasteiger partial charge >= 0.3 is 5.63 Å². The lowest BCUT2D eigenvalue weighted by Crippen LogP contribution is -1.98. The second-order valence-electron chi connectivity index (χ2n) is 6.08. The second kappa shape index (κ2) is 6.81. The van der Waals surface area contributed by atoms with Crippen LogP contribution in [0.4, 0.5) is 11.4 Å². The van der Waals surface area contributed by atoms with Crippen LogP contribution >= 0.6 is 11.6 Å². The van der Waals surface area contributed by atoms with E-state index in [1.807, 2.05) is 48.9 Å². The molecule has 4 rings (SSSR count). The summed E-state index contributed by atoms with van der Waals surface area (Å²) < 4.78 is 6.94. The van der Waals surface area contributed by atoms with Gasteiger partial charge in [0.2, 0.25) is 0 Å². The van der Waals surface area contributed by atoms with Crippen molar-refractivity contribution in [3.63, 3.8) is 0 Å². The third-order valence-electron chi connectivity index (χ3n) is 4.19. The van der Waals surface area contributed by atoms with Crippen LogP contribution in [-0.2, 0) is 0 Å². The molecule has 4 aromatic rings. The molecule has 6 nitrogen and oxygen atoms in total. The van der Waals surface area contributed by atoms with E-state index in [4.69, 9.17) is 16.0 Å². The van der Waals surface area contributed by atoms with Crippen molar-refractivity contribution in [2.24, 2.45) is 10.2 Å². The van der Waals surface area contributed by atoms with Gasteiger partial charge in [-0.3, -0.25) is 0 Å². The topological polar surface area (TPSA) is 72.8 Å². The Bertz CT molecular complexity index is 1220. The average Bonchev–Trinajstić information content (AvgIpc) is 2.94.